The number of fused-ring (bicyclic) bond motifs is 1. The van der Waals surface area contributed by atoms with Gasteiger partial charge in [-0.25, -0.2) is 4.68 Å². The number of aromatic nitrogens is 4. The Hall–Kier alpha value is -3.67. The number of hydrogen-bond acceptors (Lipinski definition) is 10. The molecular formula is C23H25N5O6S. The second-order valence-corrected chi connectivity index (χ2v) is 9.04. The predicted octanol–water partition coefficient (Wildman–Crippen LogP) is 1.65. The van der Waals surface area contributed by atoms with E-state index in [1.54, 1.807) is 16.7 Å². The van der Waals surface area contributed by atoms with Crippen LogP contribution in [0.4, 0.5) is 0 Å². The second-order valence-electron chi connectivity index (χ2n) is 7.93. The number of ether oxygens (including phenoxy) is 3. The summed E-state index contributed by atoms with van der Waals surface area (Å²) in [5.74, 6) is -0.0309. The molecular weight excluding hydrogens is 474 g/mol. The van der Waals surface area contributed by atoms with Crippen molar-refractivity contribution in [3.8, 4) is 5.75 Å². The highest BCUT2D eigenvalue weighted by molar-refractivity contribution is 8.00. The molecule has 2 aliphatic heterocycles. The smallest absolute Gasteiger partial charge is 0.307 e. The molecule has 0 N–H and O–H groups in total. The molecule has 0 radical (unpaired) electrons. The number of carbonyl (C=O) groups excluding carboxylic acids is 3. The fourth-order valence-corrected chi connectivity index (χ4v) is 5.30. The maximum atomic E-state index is 13.2. The zero-order chi connectivity index (χ0) is 24.9. The third-order valence-corrected chi connectivity index (χ3v) is 6.99. The molecule has 4 rings (SSSR count). The first-order chi connectivity index (χ1) is 16.9. The maximum Gasteiger partial charge on any atom is 0.307 e. The molecule has 11 nitrogen and oxygen atoms in total. The van der Waals surface area contributed by atoms with E-state index in [4.69, 9.17) is 14.2 Å². The number of β-lactam (4-membered cyclic amide) rings is 1. The zero-order valence-electron chi connectivity index (χ0n) is 19.4. The number of benzene rings is 1. The molecule has 1 aromatic carbocycles. The number of thioether (sulfide) groups is 1. The molecule has 2 aliphatic rings. The van der Waals surface area contributed by atoms with Crippen LogP contribution in [-0.4, -0.2) is 74.4 Å². The lowest BCUT2D eigenvalue weighted by molar-refractivity contribution is -0.154. The van der Waals surface area contributed by atoms with E-state index in [2.05, 4.69) is 22.1 Å². The van der Waals surface area contributed by atoms with E-state index >= 15 is 0 Å². The van der Waals surface area contributed by atoms with Crippen molar-refractivity contribution in [1.29, 1.82) is 0 Å². The number of nitrogens with zero attached hydrogens (tertiary/aromatic N) is 5. The van der Waals surface area contributed by atoms with Crippen molar-refractivity contribution < 1.29 is 28.6 Å². The van der Waals surface area contributed by atoms with Gasteiger partial charge < -0.3 is 14.2 Å². The summed E-state index contributed by atoms with van der Waals surface area (Å²) in [7, 11) is 1.60. The topological polar surface area (TPSA) is 126 Å². The first kappa shape index (κ1) is 24.5. The molecule has 1 saturated heterocycles. The van der Waals surface area contributed by atoms with Crippen LogP contribution in [0.25, 0.3) is 5.70 Å². The summed E-state index contributed by atoms with van der Waals surface area (Å²) >= 11 is 1.50. The fraction of sp³-hybridized carbons (Fsp3) is 0.391. The van der Waals surface area contributed by atoms with Gasteiger partial charge in [-0.2, -0.15) is 0 Å². The lowest BCUT2D eigenvalue weighted by atomic mass is 9.92. The molecule has 0 unspecified atom stereocenters. The van der Waals surface area contributed by atoms with Gasteiger partial charge in [0.05, 0.1) is 37.1 Å². The van der Waals surface area contributed by atoms with E-state index in [9.17, 15) is 14.4 Å². The molecule has 2 atom stereocenters. The van der Waals surface area contributed by atoms with Crippen LogP contribution in [0.3, 0.4) is 0 Å². The van der Waals surface area contributed by atoms with Crippen LogP contribution >= 0.6 is 11.8 Å². The van der Waals surface area contributed by atoms with Crippen molar-refractivity contribution in [2.75, 3.05) is 26.1 Å². The van der Waals surface area contributed by atoms with Crippen LogP contribution in [0.15, 0.2) is 42.5 Å². The molecule has 0 saturated carbocycles. The minimum absolute atomic E-state index is 0.00953. The van der Waals surface area contributed by atoms with Crippen molar-refractivity contribution in [2.24, 2.45) is 5.92 Å². The van der Waals surface area contributed by atoms with Gasteiger partial charge in [-0.3, -0.25) is 19.3 Å². The van der Waals surface area contributed by atoms with Crippen molar-refractivity contribution in [3.05, 3.63) is 53.9 Å². The fourth-order valence-electron chi connectivity index (χ4n) is 3.90. The summed E-state index contributed by atoms with van der Waals surface area (Å²) in [6.45, 7) is 5.31. The number of tetrazole rings is 1. The molecule has 3 heterocycles. The van der Waals surface area contributed by atoms with Crippen LogP contribution in [-0.2, 0) is 30.4 Å². The summed E-state index contributed by atoms with van der Waals surface area (Å²) in [6.07, 6.45) is 1.46. The monoisotopic (exact) mass is 499 g/mol. The minimum atomic E-state index is -0.520. The molecule has 0 aliphatic carbocycles. The number of hydrogen-bond donors (Lipinski definition) is 0. The lowest BCUT2D eigenvalue weighted by Crippen LogP contribution is -2.60. The summed E-state index contributed by atoms with van der Waals surface area (Å²) in [6, 6.07) is 7.48. The average Bonchev–Trinajstić information content (AvgIpc) is 3.32. The maximum absolute atomic E-state index is 13.2. The molecule has 35 heavy (non-hydrogen) atoms. The zero-order valence-corrected chi connectivity index (χ0v) is 20.2. The number of esters is 2. The van der Waals surface area contributed by atoms with E-state index in [1.807, 2.05) is 24.3 Å². The highest BCUT2D eigenvalue weighted by atomic mass is 32.2. The first-order valence-corrected chi connectivity index (χ1v) is 11.9. The summed E-state index contributed by atoms with van der Waals surface area (Å²) < 4.78 is 17.1. The Morgan fingerprint density at radius 1 is 1.26 bits per heavy atom. The Bertz CT molecular complexity index is 1160. The summed E-state index contributed by atoms with van der Waals surface area (Å²) in [4.78, 5) is 38.4. The molecule has 1 amide bonds. The van der Waals surface area contributed by atoms with E-state index in [0.717, 1.165) is 11.3 Å². The standard InChI is InChI=1S/C23H25N5O6S/c1-4-9-33-19(30)10-18-22(31)28-20(16(12-34-14(2)29)13-35-23(18)28)21-24-25-26-27(21)11-15-5-7-17(32-3)8-6-15/h4-8,18,23H,1,9-13H2,2-3H3/t18-,23-/m1/s1. The molecule has 1 aromatic heterocycles. The average molecular weight is 500 g/mol. The number of rotatable bonds is 10. The van der Waals surface area contributed by atoms with E-state index in [-0.39, 0.29) is 30.9 Å². The van der Waals surface area contributed by atoms with Gasteiger partial charge in [0, 0.05) is 18.2 Å². The Balaban J connectivity index is 1.62. The largest absolute Gasteiger partial charge is 0.497 e. The Labute approximate surface area is 206 Å². The van der Waals surface area contributed by atoms with E-state index in [0.29, 0.717) is 29.4 Å². The van der Waals surface area contributed by atoms with Crippen molar-refractivity contribution in [2.45, 2.75) is 25.3 Å². The minimum Gasteiger partial charge on any atom is -0.497 e. The third kappa shape index (κ3) is 5.21. The quantitative estimate of drug-likeness (QED) is 0.271. The number of carbonyl (C=O) groups is 3. The first-order valence-electron chi connectivity index (χ1n) is 10.9. The van der Waals surface area contributed by atoms with Gasteiger partial charge in [0.15, 0.2) is 5.82 Å². The normalized spacial score (nSPS) is 19.0. The van der Waals surface area contributed by atoms with Crippen LogP contribution in [0.1, 0.15) is 24.7 Å². The van der Waals surface area contributed by atoms with Crippen LogP contribution in [0, 0.1) is 5.92 Å². The van der Waals surface area contributed by atoms with Crippen molar-refractivity contribution in [1.82, 2.24) is 25.1 Å². The Morgan fingerprint density at radius 2 is 2.03 bits per heavy atom. The molecule has 184 valence electrons. The number of methoxy groups -OCH3 is 1. The van der Waals surface area contributed by atoms with Crippen molar-refractivity contribution in [3.63, 3.8) is 0 Å². The Morgan fingerprint density at radius 3 is 2.71 bits per heavy atom. The van der Waals surface area contributed by atoms with Gasteiger partial charge in [0.1, 0.15) is 19.0 Å². The van der Waals surface area contributed by atoms with E-state index < -0.39 is 17.9 Å². The SMILES string of the molecule is C=CCOC(=O)C[C@@H]1C(=O)N2C(c3nnnn3Cc3ccc(OC)cc3)=C(COC(C)=O)CS[C@H]12. The third-order valence-electron chi connectivity index (χ3n) is 5.59. The molecule has 12 heteroatoms. The van der Waals surface area contributed by atoms with Crippen LogP contribution < -0.4 is 4.74 Å². The van der Waals surface area contributed by atoms with Gasteiger partial charge in [-0.05, 0) is 28.1 Å². The van der Waals surface area contributed by atoms with Crippen LogP contribution in [0.5, 0.6) is 5.75 Å². The predicted molar refractivity (Wildman–Crippen MR) is 126 cm³/mol. The second kappa shape index (κ2) is 10.7. The van der Waals surface area contributed by atoms with E-state index in [1.165, 1.54) is 24.8 Å². The Kier molecular flexibility index (Phi) is 7.49. The lowest BCUT2D eigenvalue weighted by Gasteiger charge is -2.50. The number of amides is 1. The van der Waals surface area contributed by atoms with Gasteiger partial charge in [-0.1, -0.05) is 24.8 Å². The summed E-state index contributed by atoms with van der Waals surface area (Å²) in [5, 5.41) is 11.9. The molecule has 0 bridgehead atoms. The van der Waals surface area contributed by atoms with Gasteiger partial charge in [0.2, 0.25) is 5.91 Å². The summed E-state index contributed by atoms with van der Waals surface area (Å²) in [5.41, 5.74) is 2.16. The highest BCUT2D eigenvalue weighted by Crippen LogP contribution is 2.47. The van der Waals surface area contributed by atoms with Gasteiger partial charge in [-0.15, -0.1) is 16.9 Å². The molecule has 0 spiro atoms. The molecule has 1 fully saturated rings. The molecule has 2 aromatic rings. The highest BCUT2D eigenvalue weighted by Gasteiger charge is 2.53. The van der Waals surface area contributed by atoms with Gasteiger partial charge >= 0.3 is 11.9 Å². The van der Waals surface area contributed by atoms with Gasteiger partial charge in [0.25, 0.3) is 0 Å². The van der Waals surface area contributed by atoms with Crippen molar-refractivity contribution >= 4 is 35.3 Å². The van der Waals surface area contributed by atoms with Crippen LogP contribution in [0.2, 0.25) is 0 Å².